The molecule has 0 aromatic carbocycles. The Balaban J connectivity index is 3.46. The number of amides is 1. The van der Waals surface area contributed by atoms with E-state index in [1.807, 2.05) is 6.08 Å². The second-order valence-electron chi connectivity index (χ2n) is 20.3. The Morgan fingerprint density at radius 2 is 0.712 bits per heavy atom. The van der Waals surface area contributed by atoms with Gasteiger partial charge in [-0.1, -0.05) is 276 Å². The van der Waals surface area contributed by atoms with E-state index in [4.69, 9.17) is 4.74 Å². The molecule has 3 N–H and O–H groups in total. The Morgan fingerprint density at radius 1 is 0.409 bits per heavy atom. The SMILES string of the molecule is CCCCCCCCCCCCCCC/C=C/C(O)C(CO)NC(=O)CCCCCCCCC/C=C\CCCCCCCCOC(=O)CCCCCCCCCCCCCCCCCCC. The molecule has 0 aliphatic rings. The number of aliphatic hydroxyl groups is 2. The molecule has 0 fully saturated rings. The fraction of sp³-hybridized carbons (Fsp3) is 0.900. The second kappa shape index (κ2) is 55.9. The third-order valence-electron chi connectivity index (χ3n) is 13.7. The summed E-state index contributed by atoms with van der Waals surface area (Å²) in [4.78, 5) is 24.5. The molecule has 0 spiro atoms. The third-order valence-corrected chi connectivity index (χ3v) is 13.7. The highest BCUT2D eigenvalue weighted by molar-refractivity contribution is 5.76. The van der Waals surface area contributed by atoms with E-state index >= 15 is 0 Å². The Hall–Kier alpha value is -1.66. The van der Waals surface area contributed by atoms with Crippen LogP contribution in [0, 0.1) is 0 Å². The van der Waals surface area contributed by atoms with Gasteiger partial charge in [-0.3, -0.25) is 9.59 Å². The van der Waals surface area contributed by atoms with Crippen molar-refractivity contribution in [1.82, 2.24) is 5.32 Å². The van der Waals surface area contributed by atoms with E-state index < -0.39 is 12.1 Å². The first-order valence-electron chi connectivity index (χ1n) is 29.6. The van der Waals surface area contributed by atoms with Gasteiger partial charge in [0.15, 0.2) is 0 Å². The molecule has 0 aromatic rings. The van der Waals surface area contributed by atoms with Gasteiger partial charge in [-0.15, -0.1) is 0 Å². The minimum Gasteiger partial charge on any atom is -0.466 e. The van der Waals surface area contributed by atoms with E-state index in [1.54, 1.807) is 6.08 Å². The lowest BCUT2D eigenvalue weighted by Crippen LogP contribution is -2.45. The number of carbonyl (C=O) groups excluding carboxylic acids is 2. The van der Waals surface area contributed by atoms with Crippen LogP contribution in [0.25, 0.3) is 0 Å². The molecule has 0 saturated heterocycles. The maximum absolute atomic E-state index is 12.4. The van der Waals surface area contributed by atoms with Gasteiger partial charge in [0.05, 0.1) is 25.4 Å². The highest BCUT2D eigenvalue weighted by atomic mass is 16.5. The molecule has 0 aromatic heterocycles. The summed E-state index contributed by atoms with van der Waals surface area (Å²) >= 11 is 0. The molecule has 0 radical (unpaired) electrons. The number of allylic oxidation sites excluding steroid dienone is 3. The van der Waals surface area contributed by atoms with Crippen molar-refractivity contribution < 1.29 is 24.5 Å². The van der Waals surface area contributed by atoms with Crippen LogP contribution in [0.15, 0.2) is 24.3 Å². The number of esters is 1. The molecule has 390 valence electrons. The van der Waals surface area contributed by atoms with E-state index in [1.165, 1.54) is 238 Å². The number of ether oxygens (including phenoxy) is 1. The molecule has 0 aliphatic carbocycles. The maximum atomic E-state index is 12.4. The van der Waals surface area contributed by atoms with Crippen molar-refractivity contribution in [1.29, 1.82) is 0 Å². The highest BCUT2D eigenvalue weighted by Crippen LogP contribution is 2.17. The molecule has 2 unspecified atom stereocenters. The van der Waals surface area contributed by atoms with Gasteiger partial charge in [-0.25, -0.2) is 0 Å². The number of hydrogen-bond acceptors (Lipinski definition) is 5. The molecule has 2 atom stereocenters. The van der Waals surface area contributed by atoms with Gasteiger partial charge in [0, 0.05) is 12.8 Å². The fourth-order valence-corrected chi connectivity index (χ4v) is 9.16. The van der Waals surface area contributed by atoms with Crippen molar-refractivity contribution in [3.8, 4) is 0 Å². The van der Waals surface area contributed by atoms with Crippen LogP contribution in [0.2, 0.25) is 0 Å². The lowest BCUT2D eigenvalue weighted by atomic mass is 10.0. The Labute approximate surface area is 411 Å². The van der Waals surface area contributed by atoms with E-state index in [0.29, 0.717) is 19.4 Å². The molecule has 0 rings (SSSR count). The van der Waals surface area contributed by atoms with Crippen LogP contribution in [0.5, 0.6) is 0 Å². The van der Waals surface area contributed by atoms with Crippen molar-refractivity contribution in [3.05, 3.63) is 24.3 Å². The van der Waals surface area contributed by atoms with E-state index in [2.05, 4.69) is 31.3 Å². The first kappa shape index (κ1) is 64.3. The highest BCUT2D eigenvalue weighted by Gasteiger charge is 2.18. The van der Waals surface area contributed by atoms with Crippen LogP contribution in [-0.2, 0) is 14.3 Å². The van der Waals surface area contributed by atoms with Crippen molar-refractivity contribution in [2.45, 2.75) is 334 Å². The number of hydrogen-bond donors (Lipinski definition) is 3. The lowest BCUT2D eigenvalue weighted by Gasteiger charge is -2.20. The molecule has 1 amide bonds. The Kier molecular flexibility index (Phi) is 54.5. The minimum atomic E-state index is -0.852. The number of unbranched alkanes of at least 4 members (excludes halogenated alkanes) is 42. The van der Waals surface area contributed by atoms with Crippen LogP contribution in [0.1, 0.15) is 322 Å². The maximum Gasteiger partial charge on any atom is 0.305 e. The first-order valence-corrected chi connectivity index (χ1v) is 29.6. The largest absolute Gasteiger partial charge is 0.466 e. The molecular weight excluding hydrogens is 815 g/mol. The number of aliphatic hydroxyl groups excluding tert-OH is 2. The van der Waals surface area contributed by atoms with Gasteiger partial charge in [-0.05, 0) is 57.8 Å². The Bertz CT molecular complexity index is 1030. The minimum absolute atomic E-state index is 0.00138. The van der Waals surface area contributed by atoms with Gasteiger partial charge in [0.1, 0.15) is 0 Å². The monoisotopic (exact) mass is 930 g/mol. The number of rotatable bonds is 55. The number of nitrogens with one attached hydrogen (secondary N) is 1. The first-order chi connectivity index (χ1) is 32.5. The van der Waals surface area contributed by atoms with E-state index in [9.17, 15) is 19.8 Å². The summed E-state index contributed by atoms with van der Waals surface area (Å²) in [7, 11) is 0. The average Bonchev–Trinajstić information content (AvgIpc) is 3.32. The van der Waals surface area contributed by atoms with Crippen molar-refractivity contribution in [2.75, 3.05) is 13.2 Å². The van der Waals surface area contributed by atoms with Crippen molar-refractivity contribution >= 4 is 11.9 Å². The van der Waals surface area contributed by atoms with Gasteiger partial charge >= 0.3 is 5.97 Å². The second-order valence-corrected chi connectivity index (χ2v) is 20.3. The van der Waals surface area contributed by atoms with E-state index in [0.717, 1.165) is 57.8 Å². The number of carbonyl (C=O) groups is 2. The molecule has 6 nitrogen and oxygen atoms in total. The fourth-order valence-electron chi connectivity index (χ4n) is 9.16. The summed E-state index contributed by atoms with van der Waals surface area (Å²) in [5.74, 6) is -0.0773. The summed E-state index contributed by atoms with van der Waals surface area (Å²) in [5, 5.41) is 23.1. The summed E-state index contributed by atoms with van der Waals surface area (Å²) in [6, 6.07) is -0.636. The standard InChI is InChI=1S/C60H115NO5/c1-3-5-7-9-11-13-15-17-19-21-26-30-34-38-42-46-50-54-60(65)66-55-51-47-43-39-35-31-27-23-20-22-25-29-33-37-41-45-49-53-59(64)61-57(56-62)58(63)52-48-44-40-36-32-28-24-18-16-14-12-10-8-6-4-2/h20,23,48,52,57-58,62-63H,3-19,21-22,24-47,49-51,53-56H2,1-2H3,(H,61,64)/b23-20-,52-48+. The normalized spacial score (nSPS) is 12.7. The van der Waals surface area contributed by atoms with Crippen LogP contribution in [0.4, 0.5) is 0 Å². The summed E-state index contributed by atoms with van der Waals surface area (Å²) in [5.41, 5.74) is 0. The average molecular weight is 931 g/mol. The molecule has 66 heavy (non-hydrogen) atoms. The predicted molar refractivity (Wildman–Crippen MR) is 287 cm³/mol. The third kappa shape index (κ3) is 51.7. The molecule has 0 aliphatic heterocycles. The van der Waals surface area contributed by atoms with Crippen molar-refractivity contribution in [3.63, 3.8) is 0 Å². The molecule has 0 bridgehead atoms. The molecule has 0 saturated carbocycles. The molecular formula is C60H115NO5. The predicted octanol–water partition coefficient (Wildman–Crippen LogP) is 18.2. The van der Waals surface area contributed by atoms with Crippen molar-refractivity contribution in [2.24, 2.45) is 0 Å². The van der Waals surface area contributed by atoms with Crippen LogP contribution in [-0.4, -0.2) is 47.4 Å². The zero-order valence-electron chi connectivity index (χ0n) is 44.4. The quantitative estimate of drug-likeness (QED) is 0.0321. The van der Waals surface area contributed by atoms with Crippen LogP contribution in [0.3, 0.4) is 0 Å². The van der Waals surface area contributed by atoms with Crippen LogP contribution < -0.4 is 5.32 Å². The van der Waals surface area contributed by atoms with Crippen LogP contribution >= 0.6 is 0 Å². The van der Waals surface area contributed by atoms with Gasteiger partial charge in [0.2, 0.25) is 5.91 Å². The Morgan fingerprint density at radius 3 is 1.08 bits per heavy atom. The lowest BCUT2D eigenvalue weighted by molar-refractivity contribution is -0.143. The summed E-state index contributed by atoms with van der Waals surface area (Å²) in [6.45, 7) is 4.90. The zero-order valence-corrected chi connectivity index (χ0v) is 44.4. The smallest absolute Gasteiger partial charge is 0.305 e. The van der Waals surface area contributed by atoms with Gasteiger partial charge in [-0.2, -0.15) is 0 Å². The zero-order chi connectivity index (χ0) is 47.9. The topological polar surface area (TPSA) is 95.9 Å². The van der Waals surface area contributed by atoms with Gasteiger partial charge in [0.25, 0.3) is 0 Å². The summed E-state index contributed by atoms with van der Waals surface area (Å²) < 4.78 is 5.48. The molecule has 6 heteroatoms. The van der Waals surface area contributed by atoms with E-state index in [-0.39, 0.29) is 18.5 Å². The molecule has 0 heterocycles. The summed E-state index contributed by atoms with van der Waals surface area (Å²) in [6.07, 6.45) is 67.7. The van der Waals surface area contributed by atoms with Gasteiger partial charge < -0.3 is 20.3 Å².